The summed E-state index contributed by atoms with van der Waals surface area (Å²) in [5.41, 5.74) is 2.29. The summed E-state index contributed by atoms with van der Waals surface area (Å²) in [7, 11) is 1.39. The Kier molecular flexibility index (Phi) is 4.06. The molecule has 2 heterocycles. The van der Waals surface area contributed by atoms with E-state index in [9.17, 15) is 15.0 Å². The van der Waals surface area contributed by atoms with Crippen LogP contribution in [0.2, 0.25) is 0 Å². The Hall–Kier alpha value is -4.07. The fourth-order valence-electron chi connectivity index (χ4n) is 3.72. The second-order valence-electron chi connectivity index (χ2n) is 6.90. The molecule has 1 amide bonds. The van der Waals surface area contributed by atoms with E-state index in [2.05, 4.69) is 5.32 Å². The molecule has 3 N–H and O–H groups in total. The Bertz CT molecular complexity index is 1160. The Morgan fingerprint density at radius 1 is 1.07 bits per heavy atom. The fourth-order valence-corrected chi connectivity index (χ4v) is 3.72. The van der Waals surface area contributed by atoms with Crippen LogP contribution in [0.15, 0.2) is 54.6 Å². The minimum absolute atomic E-state index is 0.101. The molecule has 8 nitrogen and oxygen atoms in total. The second kappa shape index (κ2) is 6.77. The van der Waals surface area contributed by atoms with Crippen molar-refractivity contribution in [2.45, 2.75) is 6.17 Å². The molecular formula is C22H18N2O6. The average Bonchev–Trinajstić information content (AvgIpc) is 3.23. The van der Waals surface area contributed by atoms with Gasteiger partial charge in [-0.25, -0.2) is 0 Å². The summed E-state index contributed by atoms with van der Waals surface area (Å²) in [4.78, 5) is 15.0. The van der Waals surface area contributed by atoms with Crippen molar-refractivity contribution in [1.29, 1.82) is 0 Å². The molecular weight excluding hydrogens is 388 g/mol. The van der Waals surface area contributed by atoms with Gasteiger partial charge in [0.25, 0.3) is 5.91 Å². The number of hydrogen-bond donors (Lipinski definition) is 3. The first-order valence-corrected chi connectivity index (χ1v) is 9.25. The van der Waals surface area contributed by atoms with Gasteiger partial charge < -0.3 is 29.7 Å². The molecule has 0 bridgehead atoms. The van der Waals surface area contributed by atoms with Crippen molar-refractivity contribution >= 4 is 17.3 Å². The predicted molar refractivity (Wildman–Crippen MR) is 109 cm³/mol. The second-order valence-corrected chi connectivity index (χ2v) is 6.90. The number of rotatable bonds is 3. The highest BCUT2D eigenvalue weighted by Crippen LogP contribution is 2.44. The SMILES string of the molecule is COc1cc(C2Nc3ccccc3C(=O)N2c2ccc3c(c2)OCO3)cc(O)c1O. The van der Waals surface area contributed by atoms with Crippen molar-refractivity contribution in [3.8, 4) is 28.7 Å². The van der Waals surface area contributed by atoms with Gasteiger partial charge in [-0.15, -0.1) is 0 Å². The van der Waals surface area contributed by atoms with E-state index < -0.39 is 6.17 Å². The number of phenols is 2. The lowest BCUT2D eigenvalue weighted by molar-refractivity contribution is 0.0974. The van der Waals surface area contributed by atoms with Crippen LogP contribution in [0.1, 0.15) is 22.1 Å². The van der Waals surface area contributed by atoms with Crippen molar-refractivity contribution < 1.29 is 29.2 Å². The molecule has 1 atom stereocenters. The predicted octanol–water partition coefficient (Wildman–Crippen LogP) is 3.61. The minimum Gasteiger partial charge on any atom is -0.504 e. The van der Waals surface area contributed by atoms with Crippen LogP contribution in [0.3, 0.4) is 0 Å². The van der Waals surface area contributed by atoms with Gasteiger partial charge in [0.1, 0.15) is 6.17 Å². The van der Waals surface area contributed by atoms with Gasteiger partial charge in [-0.1, -0.05) is 12.1 Å². The molecule has 30 heavy (non-hydrogen) atoms. The number of fused-ring (bicyclic) bond motifs is 2. The molecule has 1 unspecified atom stereocenters. The van der Waals surface area contributed by atoms with Gasteiger partial charge in [0.05, 0.1) is 18.4 Å². The summed E-state index contributed by atoms with van der Waals surface area (Å²) < 4.78 is 16.0. The summed E-state index contributed by atoms with van der Waals surface area (Å²) in [6, 6.07) is 15.4. The lowest BCUT2D eigenvalue weighted by Crippen LogP contribution is -2.43. The van der Waals surface area contributed by atoms with E-state index in [1.165, 1.54) is 13.2 Å². The lowest BCUT2D eigenvalue weighted by Gasteiger charge is -2.38. The first kappa shape index (κ1) is 18.0. The first-order valence-electron chi connectivity index (χ1n) is 9.25. The molecule has 152 valence electrons. The number of hydrogen-bond acceptors (Lipinski definition) is 7. The quantitative estimate of drug-likeness (QED) is 0.572. The number of ether oxygens (including phenoxy) is 3. The Balaban J connectivity index is 1.67. The normalized spacial score (nSPS) is 16.8. The molecule has 0 spiro atoms. The third-order valence-electron chi connectivity index (χ3n) is 5.17. The van der Waals surface area contributed by atoms with Crippen LogP contribution in [-0.2, 0) is 0 Å². The van der Waals surface area contributed by atoms with Crippen LogP contribution in [0.4, 0.5) is 11.4 Å². The lowest BCUT2D eigenvalue weighted by atomic mass is 10.0. The number of para-hydroxylation sites is 1. The topological polar surface area (TPSA) is 100 Å². The van der Waals surface area contributed by atoms with E-state index in [0.717, 1.165) is 0 Å². The summed E-state index contributed by atoms with van der Waals surface area (Å²) in [6.07, 6.45) is -0.673. The number of phenolic OH excluding ortho intramolecular Hbond substituents is 2. The molecule has 3 aromatic rings. The van der Waals surface area contributed by atoms with E-state index in [4.69, 9.17) is 14.2 Å². The van der Waals surface area contributed by atoms with Crippen LogP contribution in [-0.4, -0.2) is 30.0 Å². The van der Waals surface area contributed by atoms with E-state index >= 15 is 0 Å². The van der Waals surface area contributed by atoms with Crippen molar-refractivity contribution in [2.75, 3.05) is 24.1 Å². The third kappa shape index (κ3) is 2.73. The zero-order valence-electron chi connectivity index (χ0n) is 16.0. The molecule has 8 heteroatoms. The summed E-state index contributed by atoms with van der Waals surface area (Å²) >= 11 is 0. The van der Waals surface area contributed by atoms with Crippen LogP contribution < -0.4 is 24.4 Å². The Morgan fingerprint density at radius 3 is 2.70 bits per heavy atom. The maximum absolute atomic E-state index is 13.5. The van der Waals surface area contributed by atoms with Gasteiger partial charge in [0, 0.05) is 17.3 Å². The monoisotopic (exact) mass is 406 g/mol. The summed E-state index contributed by atoms with van der Waals surface area (Å²) in [5.74, 6) is 0.325. The molecule has 5 rings (SSSR count). The number of carbonyl (C=O) groups excluding carboxylic acids is 1. The van der Waals surface area contributed by atoms with Crippen LogP contribution in [0.5, 0.6) is 28.7 Å². The first-order chi connectivity index (χ1) is 14.6. The van der Waals surface area contributed by atoms with Crippen molar-refractivity contribution in [2.24, 2.45) is 0 Å². The van der Waals surface area contributed by atoms with E-state index in [1.807, 2.05) is 12.1 Å². The van der Waals surface area contributed by atoms with Gasteiger partial charge in [0.2, 0.25) is 12.5 Å². The number of nitrogens with one attached hydrogen (secondary N) is 1. The van der Waals surface area contributed by atoms with Crippen molar-refractivity contribution in [3.05, 3.63) is 65.7 Å². The number of benzene rings is 3. The molecule has 0 saturated heterocycles. The van der Waals surface area contributed by atoms with Crippen LogP contribution >= 0.6 is 0 Å². The minimum atomic E-state index is -0.673. The van der Waals surface area contributed by atoms with Gasteiger partial charge in [-0.2, -0.15) is 0 Å². The molecule has 2 aliphatic heterocycles. The number of amides is 1. The smallest absolute Gasteiger partial charge is 0.262 e. The van der Waals surface area contributed by atoms with Gasteiger partial charge in [-0.05, 0) is 36.4 Å². The fraction of sp³-hybridized carbons (Fsp3) is 0.136. The third-order valence-corrected chi connectivity index (χ3v) is 5.17. The summed E-state index contributed by atoms with van der Waals surface area (Å²) in [6.45, 7) is 0.125. The van der Waals surface area contributed by atoms with Crippen molar-refractivity contribution in [1.82, 2.24) is 0 Å². The standard InChI is InChI=1S/C22H18N2O6/c1-28-19-9-12(8-16(25)20(19)26)21-23-15-5-3-2-4-14(15)22(27)24(21)13-6-7-17-18(10-13)30-11-29-17/h2-10,21,23,25-26H,11H2,1H3. The van der Waals surface area contributed by atoms with E-state index in [-0.39, 0.29) is 29.9 Å². The number of carbonyl (C=O) groups is 1. The van der Waals surface area contributed by atoms with Gasteiger partial charge >= 0.3 is 0 Å². The molecule has 0 aromatic heterocycles. The number of aromatic hydroxyl groups is 2. The average molecular weight is 406 g/mol. The molecule has 3 aromatic carbocycles. The molecule has 0 aliphatic carbocycles. The van der Waals surface area contributed by atoms with Gasteiger partial charge in [0.15, 0.2) is 23.0 Å². The highest BCUT2D eigenvalue weighted by molar-refractivity contribution is 6.12. The number of nitrogens with zero attached hydrogens (tertiary/aromatic N) is 1. The molecule has 0 radical (unpaired) electrons. The summed E-state index contributed by atoms with van der Waals surface area (Å²) in [5, 5.41) is 23.5. The molecule has 0 fully saturated rings. The highest BCUT2D eigenvalue weighted by atomic mass is 16.7. The number of methoxy groups -OCH3 is 1. The van der Waals surface area contributed by atoms with Gasteiger partial charge in [-0.3, -0.25) is 9.69 Å². The maximum Gasteiger partial charge on any atom is 0.262 e. The van der Waals surface area contributed by atoms with E-state index in [1.54, 1.807) is 41.3 Å². The zero-order chi connectivity index (χ0) is 20.8. The van der Waals surface area contributed by atoms with Crippen LogP contribution in [0.25, 0.3) is 0 Å². The Morgan fingerprint density at radius 2 is 1.87 bits per heavy atom. The van der Waals surface area contributed by atoms with Crippen LogP contribution in [0, 0.1) is 0 Å². The number of anilines is 2. The molecule has 2 aliphatic rings. The highest BCUT2D eigenvalue weighted by Gasteiger charge is 2.35. The largest absolute Gasteiger partial charge is 0.504 e. The zero-order valence-corrected chi connectivity index (χ0v) is 16.0. The van der Waals surface area contributed by atoms with Crippen molar-refractivity contribution in [3.63, 3.8) is 0 Å². The molecule has 0 saturated carbocycles. The Labute approximate surface area is 171 Å². The van der Waals surface area contributed by atoms with E-state index in [0.29, 0.717) is 34.0 Å². The maximum atomic E-state index is 13.5.